The van der Waals surface area contributed by atoms with Crippen LogP contribution in [0.15, 0.2) is 36.4 Å². The second-order valence-electron chi connectivity index (χ2n) is 14.0. The highest BCUT2D eigenvalue weighted by molar-refractivity contribution is 5.31. The van der Waals surface area contributed by atoms with Crippen molar-refractivity contribution in [3.8, 4) is 5.75 Å². The van der Waals surface area contributed by atoms with Gasteiger partial charge in [0.05, 0.1) is 11.5 Å². The highest BCUT2D eigenvalue weighted by Gasteiger charge is 2.45. The molecule has 0 N–H and O–H groups in total. The van der Waals surface area contributed by atoms with Crippen molar-refractivity contribution in [1.82, 2.24) is 0 Å². The van der Waals surface area contributed by atoms with E-state index in [0.29, 0.717) is 42.7 Å². The summed E-state index contributed by atoms with van der Waals surface area (Å²) < 4.78 is 102. The Morgan fingerprint density at radius 2 is 1.29 bits per heavy atom. The minimum atomic E-state index is -4.91. The Kier molecular flexibility index (Phi) is 11.1. The Labute approximate surface area is 263 Å². The van der Waals surface area contributed by atoms with Gasteiger partial charge in [-0.3, -0.25) is 0 Å². The monoisotopic (exact) mass is 640 g/mol. The van der Waals surface area contributed by atoms with Crippen molar-refractivity contribution in [3.05, 3.63) is 64.7 Å². The van der Waals surface area contributed by atoms with Crippen LogP contribution in [0.2, 0.25) is 0 Å². The van der Waals surface area contributed by atoms with Crippen LogP contribution in [0.3, 0.4) is 0 Å². The molecule has 3 aliphatic rings. The molecule has 2 aromatic carbocycles. The summed E-state index contributed by atoms with van der Waals surface area (Å²) >= 11 is 0. The van der Waals surface area contributed by atoms with E-state index in [2.05, 4.69) is 13.0 Å². The molecular formula is C37H47F7O. The third-order valence-electron chi connectivity index (χ3n) is 11.2. The second-order valence-corrected chi connectivity index (χ2v) is 14.0. The van der Waals surface area contributed by atoms with Crippen molar-refractivity contribution >= 4 is 0 Å². The summed E-state index contributed by atoms with van der Waals surface area (Å²) in [7, 11) is 0. The summed E-state index contributed by atoms with van der Waals surface area (Å²) in [5, 5.41) is 0. The molecule has 0 amide bonds. The number of ether oxygens (including phenoxy) is 1. The average Bonchev–Trinajstić information content (AvgIpc) is 3.01. The highest BCUT2D eigenvalue weighted by Crippen LogP contribution is 2.48. The van der Waals surface area contributed by atoms with Crippen LogP contribution in [-0.4, -0.2) is 6.11 Å². The molecule has 3 saturated carbocycles. The van der Waals surface area contributed by atoms with Gasteiger partial charge in [-0.15, -0.1) is 0 Å². The number of hydrogen-bond acceptors (Lipinski definition) is 1. The second kappa shape index (κ2) is 14.7. The van der Waals surface area contributed by atoms with Crippen molar-refractivity contribution in [2.24, 2.45) is 23.7 Å². The van der Waals surface area contributed by atoms with Gasteiger partial charge in [0.25, 0.3) is 0 Å². The predicted octanol–water partition coefficient (Wildman–Crippen LogP) is 12.6. The van der Waals surface area contributed by atoms with E-state index in [1.807, 2.05) is 6.07 Å². The van der Waals surface area contributed by atoms with Crippen LogP contribution in [0.4, 0.5) is 30.7 Å². The van der Waals surface area contributed by atoms with Crippen molar-refractivity contribution in [3.63, 3.8) is 0 Å². The first-order valence-corrected chi connectivity index (χ1v) is 17.2. The lowest BCUT2D eigenvalue weighted by atomic mass is 9.68. The van der Waals surface area contributed by atoms with E-state index >= 15 is 4.39 Å². The molecule has 5 rings (SSSR count). The molecule has 250 valence electrons. The molecular weight excluding hydrogens is 593 g/mol. The molecule has 1 nitrogen and oxygen atoms in total. The summed E-state index contributed by atoms with van der Waals surface area (Å²) in [4.78, 5) is 0. The lowest BCUT2D eigenvalue weighted by Crippen LogP contribution is -2.38. The molecule has 0 bridgehead atoms. The molecule has 3 aliphatic carbocycles. The number of unbranched alkanes of at least 4 members (excludes halogenated alkanes) is 2. The first-order chi connectivity index (χ1) is 21.4. The van der Waals surface area contributed by atoms with E-state index in [4.69, 9.17) is 4.74 Å². The minimum absolute atomic E-state index is 0.0864. The number of alkyl halides is 5. The Bertz CT molecular complexity index is 1230. The fourth-order valence-electron chi connectivity index (χ4n) is 8.45. The maximum Gasteiger partial charge on any atom is 0.419 e. The van der Waals surface area contributed by atoms with Crippen LogP contribution in [0, 0.1) is 35.3 Å². The maximum atomic E-state index is 15.4. The van der Waals surface area contributed by atoms with Gasteiger partial charge in [0, 0.05) is 6.07 Å². The SMILES string of the molecule is CCCCCC1CCC(c2ccc(C3CCC(C4CCC(C(F)(F)Oc5ccc(C(F)(F)F)c(F)c5)CC4)CC3)c(F)c2)CC1. The topological polar surface area (TPSA) is 9.23 Å². The van der Waals surface area contributed by atoms with E-state index in [9.17, 15) is 26.3 Å². The van der Waals surface area contributed by atoms with E-state index in [0.717, 1.165) is 61.6 Å². The largest absolute Gasteiger partial charge is 0.432 e. The molecule has 0 radical (unpaired) electrons. The molecule has 0 heterocycles. The molecule has 0 atom stereocenters. The Morgan fingerprint density at radius 3 is 1.87 bits per heavy atom. The van der Waals surface area contributed by atoms with Gasteiger partial charge >= 0.3 is 12.3 Å². The molecule has 0 unspecified atom stereocenters. The molecule has 0 aromatic heterocycles. The van der Waals surface area contributed by atoms with Crippen molar-refractivity contribution in [1.29, 1.82) is 0 Å². The Balaban J connectivity index is 1.07. The van der Waals surface area contributed by atoms with Gasteiger partial charge in [0.1, 0.15) is 17.4 Å². The third kappa shape index (κ3) is 8.57. The van der Waals surface area contributed by atoms with E-state index in [1.165, 1.54) is 38.5 Å². The van der Waals surface area contributed by atoms with Gasteiger partial charge in [0.15, 0.2) is 0 Å². The zero-order valence-corrected chi connectivity index (χ0v) is 26.3. The fraction of sp³-hybridized carbons (Fsp3) is 0.676. The molecule has 0 spiro atoms. The predicted molar refractivity (Wildman–Crippen MR) is 162 cm³/mol. The lowest BCUT2D eigenvalue weighted by Gasteiger charge is -2.39. The van der Waals surface area contributed by atoms with Crippen molar-refractivity contribution < 1.29 is 35.5 Å². The van der Waals surface area contributed by atoms with Gasteiger partial charge in [0.2, 0.25) is 0 Å². The van der Waals surface area contributed by atoms with E-state index in [1.54, 1.807) is 6.07 Å². The zero-order chi connectivity index (χ0) is 32.2. The van der Waals surface area contributed by atoms with Crippen LogP contribution in [0.25, 0.3) is 0 Å². The standard InChI is InChI=1S/C37H47F7O/c1-2-3-4-5-24-6-8-27(9-7-24)29-16-20-32(34(38)22-29)28-12-10-25(11-13-28)26-14-17-30(18-15-26)37(43,44)45-31-19-21-33(35(39)23-31)36(40,41)42/h16,19-28,30H,2-15,17-18H2,1H3. The Morgan fingerprint density at radius 1 is 0.667 bits per heavy atom. The molecule has 0 aliphatic heterocycles. The molecule has 8 heteroatoms. The molecule has 3 fully saturated rings. The first-order valence-electron chi connectivity index (χ1n) is 17.2. The van der Waals surface area contributed by atoms with Gasteiger partial charge in [-0.25, -0.2) is 8.78 Å². The number of hydrogen-bond donors (Lipinski definition) is 0. The number of benzene rings is 2. The summed E-state index contributed by atoms with van der Waals surface area (Å²) in [5.74, 6) is -1.24. The smallest absolute Gasteiger partial charge is 0.419 e. The van der Waals surface area contributed by atoms with E-state index < -0.39 is 35.3 Å². The van der Waals surface area contributed by atoms with Gasteiger partial charge < -0.3 is 4.74 Å². The third-order valence-corrected chi connectivity index (χ3v) is 11.2. The normalized spacial score (nSPS) is 28.2. The average molecular weight is 641 g/mol. The van der Waals surface area contributed by atoms with Crippen LogP contribution in [0.5, 0.6) is 5.75 Å². The van der Waals surface area contributed by atoms with Crippen LogP contribution < -0.4 is 4.74 Å². The summed E-state index contributed by atoms with van der Waals surface area (Å²) in [5.41, 5.74) is 0.433. The summed E-state index contributed by atoms with van der Waals surface area (Å²) in [6.07, 6.45) is 6.85. The summed E-state index contributed by atoms with van der Waals surface area (Å²) in [6, 6.07) is 7.48. The Hall–Kier alpha value is -2.25. The van der Waals surface area contributed by atoms with Gasteiger partial charge in [-0.05, 0) is 136 Å². The first kappa shape index (κ1) is 34.1. The van der Waals surface area contributed by atoms with Gasteiger partial charge in [-0.1, -0.05) is 44.7 Å². The maximum absolute atomic E-state index is 15.4. The van der Waals surface area contributed by atoms with Crippen molar-refractivity contribution in [2.45, 2.75) is 134 Å². The fourth-order valence-corrected chi connectivity index (χ4v) is 8.45. The molecule has 2 aromatic rings. The van der Waals surface area contributed by atoms with Crippen LogP contribution >= 0.6 is 0 Å². The lowest BCUT2D eigenvalue weighted by molar-refractivity contribution is -0.224. The van der Waals surface area contributed by atoms with E-state index in [-0.39, 0.29) is 24.6 Å². The number of rotatable bonds is 10. The van der Waals surface area contributed by atoms with Gasteiger partial charge in [-0.2, -0.15) is 22.0 Å². The molecule has 0 saturated heterocycles. The van der Waals surface area contributed by atoms with Crippen molar-refractivity contribution in [2.75, 3.05) is 0 Å². The number of halogens is 7. The highest BCUT2D eigenvalue weighted by atomic mass is 19.4. The van der Waals surface area contributed by atoms with Crippen LogP contribution in [-0.2, 0) is 6.18 Å². The minimum Gasteiger partial charge on any atom is -0.432 e. The zero-order valence-electron chi connectivity index (χ0n) is 26.3. The quantitative estimate of drug-likeness (QED) is 0.185. The molecule has 45 heavy (non-hydrogen) atoms. The summed E-state index contributed by atoms with van der Waals surface area (Å²) in [6.45, 7) is 2.24. The van der Waals surface area contributed by atoms with Crippen LogP contribution in [0.1, 0.15) is 138 Å².